The monoisotopic (exact) mass is 422 g/mol. The lowest BCUT2D eigenvalue weighted by Crippen LogP contribution is -2.36. The second kappa shape index (κ2) is 8.31. The number of hydrogen-bond acceptors (Lipinski definition) is 7. The van der Waals surface area contributed by atoms with Crippen molar-refractivity contribution in [3.8, 4) is 22.9 Å². The molecule has 0 saturated heterocycles. The molecule has 1 aliphatic rings. The Labute approximate surface area is 179 Å². The number of fused-ring (bicyclic) bond motifs is 3. The van der Waals surface area contributed by atoms with E-state index in [4.69, 9.17) is 9.47 Å². The Morgan fingerprint density at radius 3 is 2.73 bits per heavy atom. The molecule has 8 heteroatoms. The van der Waals surface area contributed by atoms with E-state index < -0.39 is 6.23 Å². The highest BCUT2D eigenvalue weighted by molar-refractivity contribution is 7.98. The highest BCUT2D eigenvalue weighted by Gasteiger charge is 2.34. The van der Waals surface area contributed by atoms with Crippen molar-refractivity contribution in [3.05, 3.63) is 53.6 Å². The van der Waals surface area contributed by atoms with Gasteiger partial charge in [0.1, 0.15) is 5.75 Å². The SMILES string of the molecule is CCOc1ccc([C@@H]2Oc3nc(SC)nnc3-c3ccccc3N2C(C)=O)cc1C. The molecule has 1 aliphatic heterocycles. The van der Waals surface area contributed by atoms with Crippen molar-refractivity contribution in [1.29, 1.82) is 0 Å². The van der Waals surface area contributed by atoms with Crippen molar-refractivity contribution in [3.63, 3.8) is 0 Å². The maximum Gasteiger partial charge on any atom is 0.247 e. The number of amides is 1. The van der Waals surface area contributed by atoms with Gasteiger partial charge in [-0.2, -0.15) is 4.98 Å². The van der Waals surface area contributed by atoms with Gasteiger partial charge in [-0.3, -0.25) is 9.69 Å². The molecule has 7 nitrogen and oxygen atoms in total. The van der Waals surface area contributed by atoms with Crippen LogP contribution in [0.1, 0.15) is 31.2 Å². The molecule has 2 heterocycles. The zero-order valence-corrected chi connectivity index (χ0v) is 18.1. The molecule has 30 heavy (non-hydrogen) atoms. The van der Waals surface area contributed by atoms with Crippen LogP contribution in [0, 0.1) is 6.92 Å². The number of anilines is 1. The van der Waals surface area contributed by atoms with Crippen LogP contribution in [-0.2, 0) is 4.79 Å². The molecule has 1 aromatic heterocycles. The van der Waals surface area contributed by atoms with Gasteiger partial charge in [-0.15, -0.1) is 10.2 Å². The van der Waals surface area contributed by atoms with Gasteiger partial charge in [0.2, 0.25) is 23.2 Å². The van der Waals surface area contributed by atoms with Crippen LogP contribution in [0.25, 0.3) is 11.3 Å². The number of carbonyl (C=O) groups is 1. The first kappa shape index (κ1) is 20.2. The summed E-state index contributed by atoms with van der Waals surface area (Å²) in [5, 5.41) is 9.02. The standard InChI is InChI=1S/C22H22N4O3S/c1-5-28-18-11-10-15(12-13(18)2)21-26(14(3)27)17-9-7-6-8-16(17)19-20(29-21)23-22(30-4)25-24-19/h6-12,21H,5H2,1-4H3/t21-/m0/s1. The summed E-state index contributed by atoms with van der Waals surface area (Å²) in [4.78, 5) is 19.0. The van der Waals surface area contributed by atoms with Gasteiger partial charge in [-0.1, -0.05) is 30.0 Å². The molecule has 0 N–H and O–H groups in total. The molecule has 0 saturated carbocycles. The van der Waals surface area contributed by atoms with Gasteiger partial charge >= 0.3 is 0 Å². The van der Waals surface area contributed by atoms with Crippen LogP contribution in [0.2, 0.25) is 0 Å². The number of nitrogens with zero attached hydrogens (tertiary/aromatic N) is 4. The molecule has 0 unspecified atom stereocenters. The van der Waals surface area contributed by atoms with Crippen molar-refractivity contribution in [2.24, 2.45) is 0 Å². The predicted octanol–water partition coefficient (Wildman–Crippen LogP) is 4.41. The lowest BCUT2D eigenvalue weighted by atomic mass is 10.1. The Morgan fingerprint density at radius 1 is 1.23 bits per heavy atom. The average Bonchev–Trinajstić information content (AvgIpc) is 2.89. The lowest BCUT2D eigenvalue weighted by molar-refractivity contribution is -0.118. The predicted molar refractivity (Wildman–Crippen MR) is 116 cm³/mol. The van der Waals surface area contributed by atoms with Gasteiger partial charge in [0.25, 0.3) is 0 Å². The zero-order chi connectivity index (χ0) is 21.3. The number of hydrogen-bond donors (Lipinski definition) is 0. The van der Waals surface area contributed by atoms with Crippen molar-refractivity contribution >= 4 is 23.4 Å². The first-order chi connectivity index (χ1) is 14.5. The molecule has 0 aliphatic carbocycles. The Morgan fingerprint density at radius 2 is 2.03 bits per heavy atom. The fraction of sp³-hybridized carbons (Fsp3) is 0.273. The van der Waals surface area contributed by atoms with E-state index in [1.807, 2.05) is 62.6 Å². The first-order valence-electron chi connectivity index (χ1n) is 9.61. The highest BCUT2D eigenvalue weighted by atomic mass is 32.2. The Balaban J connectivity index is 1.91. The molecule has 2 aromatic carbocycles. The summed E-state index contributed by atoms with van der Waals surface area (Å²) >= 11 is 1.38. The van der Waals surface area contributed by atoms with Gasteiger partial charge < -0.3 is 9.47 Å². The van der Waals surface area contributed by atoms with Gasteiger partial charge in [0, 0.05) is 18.1 Å². The molecule has 1 amide bonds. The maximum absolute atomic E-state index is 12.8. The van der Waals surface area contributed by atoms with Crippen LogP contribution in [0.15, 0.2) is 47.6 Å². The third kappa shape index (κ3) is 3.59. The molecule has 0 spiro atoms. The van der Waals surface area contributed by atoms with Crippen molar-refractivity contribution in [2.45, 2.75) is 32.2 Å². The van der Waals surface area contributed by atoms with Crippen LogP contribution >= 0.6 is 11.8 Å². The first-order valence-corrected chi connectivity index (χ1v) is 10.8. The van der Waals surface area contributed by atoms with Crippen LogP contribution in [0.5, 0.6) is 11.6 Å². The number of rotatable bonds is 4. The lowest BCUT2D eigenvalue weighted by Gasteiger charge is -2.30. The molecular formula is C22H22N4O3S. The molecule has 1 atom stereocenters. The largest absolute Gasteiger partial charge is 0.494 e. The third-order valence-corrected chi connectivity index (χ3v) is 5.36. The highest BCUT2D eigenvalue weighted by Crippen LogP contribution is 2.43. The fourth-order valence-electron chi connectivity index (χ4n) is 3.50. The van der Waals surface area contributed by atoms with E-state index in [1.54, 1.807) is 4.90 Å². The summed E-state index contributed by atoms with van der Waals surface area (Å²) in [6.07, 6.45) is 1.18. The van der Waals surface area contributed by atoms with E-state index in [0.717, 1.165) is 22.4 Å². The van der Waals surface area contributed by atoms with E-state index in [1.165, 1.54) is 18.7 Å². The van der Waals surface area contributed by atoms with E-state index >= 15 is 0 Å². The normalized spacial score (nSPS) is 14.9. The number of benzene rings is 2. The van der Waals surface area contributed by atoms with Crippen LogP contribution in [0.4, 0.5) is 5.69 Å². The molecular weight excluding hydrogens is 400 g/mol. The van der Waals surface area contributed by atoms with Crippen LogP contribution < -0.4 is 14.4 Å². The van der Waals surface area contributed by atoms with E-state index in [2.05, 4.69) is 15.2 Å². The Kier molecular flexibility index (Phi) is 5.59. The van der Waals surface area contributed by atoms with Gasteiger partial charge in [-0.05, 0) is 49.9 Å². The number of ether oxygens (including phenoxy) is 2. The van der Waals surface area contributed by atoms with Gasteiger partial charge in [0.15, 0.2) is 5.69 Å². The van der Waals surface area contributed by atoms with Crippen molar-refractivity contribution in [1.82, 2.24) is 15.2 Å². The minimum absolute atomic E-state index is 0.148. The van der Waals surface area contributed by atoms with E-state index in [-0.39, 0.29) is 5.91 Å². The van der Waals surface area contributed by atoms with Gasteiger partial charge in [-0.25, -0.2) is 0 Å². The number of aromatic nitrogens is 3. The molecule has 0 bridgehead atoms. The second-order valence-corrected chi connectivity index (χ2v) is 7.56. The molecule has 4 rings (SSSR count). The van der Waals surface area contributed by atoms with E-state index in [9.17, 15) is 4.79 Å². The van der Waals surface area contributed by atoms with Crippen molar-refractivity contribution in [2.75, 3.05) is 17.8 Å². The molecule has 3 aromatic rings. The number of para-hydroxylation sites is 1. The third-order valence-electron chi connectivity index (χ3n) is 4.82. The van der Waals surface area contributed by atoms with Crippen LogP contribution in [0.3, 0.4) is 0 Å². The smallest absolute Gasteiger partial charge is 0.247 e. The van der Waals surface area contributed by atoms with E-state index in [0.29, 0.717) is 29.0 Å². The van der Waals surface area contributed by atoms with Gasteiger partial charge in [0.05, 0.1) is 12.3 Å². The van der Waals surface area contributed by atoms with Crippen molar-refractivity contribution < 1.29 is 14.3 Å². The zero-order valence-electron chi connectivity index (χ0n) is 17.2. The fourth-order valence-corrected chi connectivity index (χ4v) is 3.80. The van der Waals surface area contributed by atoms with Crippen LogP contribution in [-0.4, -0.2) is 34.0 Å². The molecule has 154 valence electrons. The number of aryl methyl sites for hydroxylation is 1. The quantitative estimate of drug-likeness (QED) is 0.576. The number of carbonyl (C=O) groups excluding carboxylic acids is 1. The summed E-state index contributed by atoms with van der Waals surface area (Å²) in [5.74, 6) is 1.01. The maximum atomic E-state index is 12.8. The molecule has 0 radical (unpaired) electrons. The minimum Gasteiger partial charge on any atom is -0.494 e. The topological polar surface area (TPSA) is 77.4 Å². The number of thioether (sulfide) groups is 1. The average molecular weight is 423 g/mol. The Bertz CT molecular complexity index is 1110. The minimum atomic E-state index is -0.703. The summed E-state index contributed by atoms with van der Waals surface area (Å²) in [5.41, 5.74) is 3.75. The summed E-state index contributed by atoms with van der Waals surface area (Å²) in [7, 11) is 0. The summed E-state index contributed by atoms with van der Waals surface area (Å²) < 4.78 is 12.0. The summed E-state index contributed by atoms with van der Waals surface area (Å²) in [6.45, 7) is 6.03. The Hall–Kier alpha value is -3.13. The summed E-state index contributed by atoms with van der Waals surface area (Å²) in [6, 6.07) is 13.4. The molecule has 0 fully saturated rings. The second-order valence-electron chi connectivity index (χ2n) is 6.79.